The highest BCUT2D eigenvalue weighted by molar-refractivity contribution is 5.76. The summed E-state index contributed by atoms with van der Waals surface area (Å²) in [5.41, 5.74) is 0.310. The van der Waals surface area contributed by atoms with Gasteiger partial charge in [0.25, 0.3) is 0 Å². The van der Waals surface area contributed by atoms with Gasteiger partial charge in [0.05, 0.1) is 12.2 Å². The number of likely N-dealkylation sites (tertiary alicyclic amines) is 1. The van der Waals surface area contributed by atoms with Gasteiger partial charge in [-0.1, -0.05) is 20.8 Å². The molecule has 0 aromatic carbocycles. The molecule has 182 valence electrons. The fraction of sp³-hybridized carbons (Fsp3) is 0.964. The summed E-state index contributed by atoms with van der Waals surface area (Å²) >= 11 is 0. The number of aliphatic hydroxyl groups excluding tert-OH is 2. The average molecular weight is 446 g/mol. The van der Waals surface area contributed by atoms with Crippen molar-refractivity contribution in [1.82, 2.24) is 4.90 Å². The minimum atomic E-state index is -0.222. The summed E-state index contributed by atoms with van der Waals surface area (Å²) in [6.45, 7) is 9.17. The Kier molecular flexibility index (Phi) is 6.19. The molecule has 10 atom stereocenters. The van der Waals surface area contributed by atoms with Crippen LogP contribution in [0.5, 0.6) is 0 Å². The number of fused-ring (bicyclic) bond motifs is 5. The Morgan fingerprint density at radius 2 is 1.75 bits per heavy atom. The molecule has 0 aromatic heterocycles. The van der Waals surface area contributed by atoms with Gasteiger partial charge < -0.3 is 15.1 Å². The van der Waals surface area contributed by atoms with Crippen LogP contribution in [-0.2, 0) is 4.79 Å². The Labute approximate surface area is 195 Å². The van der Waals surface area contributed by atoms with Crippen molar-refractivity contribution < 1.29 is 15.0 Å². The zero-order valence-electron chi connectivity index (χ0n) is 20.8. The largest absolute Gasteiger partial charge is 0.393 e. The van der Waals surface area contributed by atoms with Crippen LogP contribution in [0, 0.1) is 46.3 Å². The molecule has 1 aliphatic heterocycles. The third-order valence-electron chi connectivity index (χ3n) is 11.8. The highest BCUT2D eigenvalue weighted by atomic mass is 16.3. The highest BCUT2D eigenvalue weighted by Crippen LogP contribution is 2.68. The summed E-state index contributed by atoms with van der Waals surface area (Å²) < 4.78 is 0. The van der Waals surface area contributed by atoms with Gasteiger partial charge in [-0.05, 0) is 117 Å². The molecule has 4 nitrogen and oxygen atoms in total. The normalized spacial score (nSPS) is 49.3. The molecule has 1 amide bonds. The zero-order valence-corrected chi connectivity index (χ0v) is 20.8. The minimum absolute atomic E-state index is 0.00858. The maximum atomic E-state index is 12.6. The van der Waals surface area contributed by atoms with Gasteiger partial charge in [0, 0.05) is 19.5 Å². The van der Waals surface area contributed by atoms with Gasteiger partial charge in [-0.25, -0.2) is 0 Å². The molecule has 4 aliphatic carbocycles. The van der Waals surface area contributed by atoms with Crippen molar-refractivity contribution in [2.75, 3.05) is 13.1 Å². The molecule has 5 rings (SSSR count). The van der Waals surface area contributed by atoms with Crippen LogP contribution in [0.3, 0.4) is 0 Å². The Morgan fingerprint density at radius 3 is 2.50 bits per heavy atom. The van der Waals surface area contributed by atoms with E-state index in [-0.39, 0.29) is 17.6 Å². The van der Waals surface area contributed by atoms with E-state index < -0.39 is 0 Å². The molecular formula is C28H47NO3. The standard InChI is InChI=1S/C28H47NO3/c1-18(6-11-26(32)29-14-4-5-15-29)22-9-10-23-21-8-7-19-16-20(30)12-13-27(19,2)24(21)17-25(31)28(22,23)3/h18-25,30-31H,4-17H2,1-3H3/t18-,19-,20-,21+,22-,23+,24+,25+,27+,28-/m1/s1. The van der Waals surface area contributed by atoms with Crippen molar-refractivity contribution in [2.45, 2.75) is 110 Å². The van der Waals surface area contributed by atoms with Crippen LogP contribution in [0.4, 0.5) is 0 Å². The number of rotatable bonds is 4. The van der Waals surface area contributed by atoms with Crippen molar-refractivity contribution in [3.05, 3.63) is 0 Å². The molecular weight excluding hydrogens is 398 g/mol. The first-order valence-corrected chi connectivity index (χ1v) is 13.9. The van der Waals surface area contributed by atoms with Gasteiger partial charge in [0.1, 0.15) is 0 Å². The van der Waals surface area contributed by atoms with Crippen LogP contribution in [0.15, 0.2) is 0 Å². The van der Waals surface area contributed by atoms with Crippen molar-refractivity contribution in [1.29, 1.82) is 0 Å². The topological polar surface area (TPSA) is 60.8 Å². The Morgan fingerprint density at radius 1 is 1.00 bits per heavy atom. The van der Waals surface area contributed by atoms with Crippen LogP contribution in [-0.4, -0.2) is 46.3 Å². The van der Waals surface area contributed by atoms with Crippen LogP contribution >= 0.6 is 0 Å². The van der Waals surface area contributed by atoms with Crippen LogP contribution < -0.4 is 0 Å². The summed E-state index contributed by atoms with van der Waals surface area (Å²) in [5.74, 6) is 4.01. The lowest BCUT2D eigenvalue weighted by molar-refractivity contribution is -0.175. The number of aliphatic hydroxyl groups is 2. The number of carbonyl (C=O) groups excluding carboxylic acids is 1. The molecule has 1 heterocycles. The van der Waals surface area contributed by atoms with Gasteiger partial charge in [-0.3, -0.25) is 4.79 Å². The molecule has 0 spiro atoms. The average Bonchev–Trinajstić information content (AvgIpc) is 3.42. The molecule has 2 N–H and O–H groups in total. The first kappa shape index (κ1) is 23.1. The van der Waals surface area contributed by atoms with E-state index in [1.807, 2.05) is 0 Å². The van der Waals surface area contributed by atoms with Gasteiger partial charge >= 0.3 is 0 Å². The molecule has 1 saturated heterocycles. The van der Waals surface area contributed by atoms with Crippen LogP contribution in [0.1, 0.15) is 97.8 Å². The first-order chi connectivity index (χ1) is 15.2. The molecule has 5 aliphatic rings. The lowest BCUT2D eigenvalue weighted by atomic mass is 9.43. The van der Waals surface area contributed by atoms with Gasteiger partial charge in [-0.2, -0.15) is 0 Å². The number of hydrogen-bond donors (Lipinski definition) is 2. The maximum Gasteiger partial charge on any atom is 0.222 e. The summed E-state index contributed by atoms with van der Waals surface area (Å²) in [6.07, 6.45) is 12.7. The molecule has 0 aromatic rings. The van der Waals surface area contributed by atoms with Crippen molar-refractivity contribution in [3.8, 4) is 0 Å². The van der Waals surface area contributed by atoms with Gasteiger partial charge in [-0.15, -0.1) is 0 Å². The van der Waals surface area contributed by atoms with Crippen molar-refractivity contribution in [3.63, 3.8) is 0 Å². The predicted molar refractivity (Wildman–Crippen MR) is 127 cm³/mol. The maximum absolute atomic E-state index is 12.6. The summed E-state index contributed by atoms with van der Waals surface area (Å²) in [6, 6.07) is 0. The van der Waals surface area contributed by atoms with E-state index in [0.29, 0.717) is 47.3 Å². The predicted octanol–water partition coefficient (Wildman–Crippen LogP) is 5.02. The van der Waals surface area contributed by atoms with Crippen LogP contribution in [0.2, 0.25) is 0 Å². The van der Waals surface area contributed by atoms with Crippen molar-refractivity contribution >= 4 is 5.91 Å². The molecule has 4 heteroatoms. The van der Waals surface area contributed by atoms with E-state index in [2.05, 4.69) is 25.7 Å². The smallest absolute Gasteiger partial charge is 0.222 e. The van der Waals surface area contributed by atoms with Crippen molar-refractivity contribution in [2.24, 2.45) is 46.3 Å². The number of amides is 1. The van der Waals surface area contributed by atoms with E-state index in [1.165, 1.54) is 25.7 Å². The second-order valence-electron chi connectivity index (χ2n) is 13.0. The lowest BCUT2D eigenvalue weighted by Crippen LogP contribution is -2.58. The third kappa shape index (κ3) is 3.58. The summed E-state index contributed by atoms with van der Waals surface area (Å²) in [4.78, 5) is 14.7. The molecule has 0 radical (unpaired) electrons. The number of hydrogen-bond acceptors (Lipinski definition) is 3. The monoisotopic (exact) mass is 445 g/mol. The lowest BCUT2D eigenvalue weighted by Gasteiger charge is -2.62. The van der Waals surface area contributed by atoms with Gasteiger partial charge in [0.15, 0.2) is 0 Å². The molecule has 0 bridgehead atoms. The molecule has 0 unspecified atom stereocenters. The zero-order chi connectivity index (χ0) is 22.7. The first-order valence-electron chi connectivity index (χ1n) is 13.9. The quantitative estimate of drug-likeness (QED) is 0.639. The van der Waals surface area contributed by atoms with E-state index in [9.17, 15) is 15.0 Å². The fourth-order valence-electron chi connectivity index (χ4n) is 9.84. The summed E-state index contributed by atoms with van der Waals surface area (Å²) in [7, 11) is 0. The Hall–Kier alpha value is -0.610. The SMILES string of the molecule is C[C@H](CCC(=O)N1CCCC1)[C@H]1CC[C@H]2[C@@H]3CC[C@@H]4C[C@H](O)CC[C@]4(C)[C@H]3C[C@H](O)[C@]12C. The second-order valence-corrected chi connectivity index (χ2v) is 13.0. The number of carbonyl (C=O) groups is 1. The van der Waals surface area contributed by atoms with E-state index in [4.69, 9.17) is 0 Å². The van der Waals surface area contributed by atoms with Crippen LogP contribution in [0.25, 0.3) is 0 Å². The van der Waals surface area contributed by atoms with Gasteiger partial charge in [0.2, 0.25) is 5.91 Å². The Bertz CT molecular complexity index is 705. The molecule has 5 fully saturated rings. The fourth-order valence-corrected chi connectivity index (χ4v) is 9.84. The molecule has 32 heavy (non-hydrogen) atoms. The number of nitrogens with zero attached hydrogens (tertiary/aromatic N) is 1. The minimum Gasteiger partial charge on any atom is -0.393 e. The Balaban J connectivity index is 1.29. The van der Waals surface area contributed by atoms with E-state index in [0.717, 1.165) is 64.0 Å². The molecule has 4 saturated carbocycles. The summed E-state index contributed by atoms with van der Waals surface area (Å²) in [5, 5.41) is 22.0. The highest BCUT2D eigenvalue weighted by Gasteiger charge is 2.63. The van der Waals surface area contributed by atoms with E-state index >= 15 is 0 Å². The third-order valence-corrected chi connectivity index (χ3v) is 11.8. The van der Waals surface area contributed by atoms with E-state index in [1.54, 1.807) is 0 Å². The second kappa shape index (κ2) is 8.56.